The van der Waals surface area contributed by atoms with Crippen LogP contribution in [0.1, 0.15) is 30.7 Å². The Labute approximate surface area is 222 Å². The third kappa shape index (κ3) is 7.62. The quantitative estimate of drug-likeness (QED) is 0.270. The Hall–Kier alpha value is -2.27. The van der Waals surface area contributed by atoms with Crippen molar-refractivity contribution in [3.63, 3.8) is 0 Å². The van der Waals surface area contributed by atoms with E-state index in [0.29, 0.717) is 19.2 Å². The molecule has 4 rings (SSSR count). The van der Waals surface area contributed by atoms with Crippen LogP contribution in [0.5, 0.6) is 0 Å². The number of ether oxygens (including phenoxy) is 2. The predicted molar refractivity (Wildman–Crippen MR) is 151 cm³/mol. The number of likely N-dealkylation sites (N-methyl/N-ethyl adjacent to an activating group) is 1. The molecule has 0 unspecified atom stereocenters. The number of carbonyl (C=O) groups is 1. The van der Waals surface area contributed by atoms with Crippen LogP contribution in [0.4, 0.5) is 5.82 Å². The highest BCUT2D eigenvalue weighted by Crippen LogP contribution is 2.36. The molecule has 2 aliphatic rings. The van der Waals surface area contributed by atoms with E-state index < -0.39 is 8.07 Å². The van der Waals surface area contributed by atoms with Gasteiger partial charge in [-0.1, -0.05) is 25.7 Å². The maximum absolute atomic E-state index is 12.6. The molecule has 0 aliphatic carbocycles. The molecule has 1 atom stereocenters. The van der Waals surface area contributed by atoms with Gasteiger partial charge in [0.2, 0.25) is 5.91 Å². The highest BCUT2D eigenvalue weighted by Gasteiger charge is 2.28. The first-order chi connectivity index (χ1) is 17.7. The van der Waals surface area contributed by atoms with Crippen molar-refractivity contribution in [1.82, 2.24) is 24.3 Å². The summed E-state index contributed by atoms with van der Waals surface area (Å²) in [6.07, 6.45) is 10.4. The molecule has 2 aliphatic heterocycles. The first-order valence-electron chi connectivity index (χ1n) is 13.6. The molecule has 2 fully saturated rings. The molecule has 2 saturated heterocycles. The number of carbonyl (C=O) groups excluding carboxylic acids is 1. The van der Waals surface area contributed by atoms with E-state index in [1.165, 1.54) is 5.56 Å². The Morgan fingerprint density at radius 1 is 1.24 bits per heavy atom. The molecule has 2 aromatic rings. The van der Waals surface area contributed by atoms with Gasteiger partial charge >= 0.3 is 0 Å². The molecule has 0 aromatic carbocycles. The van der Waals surface area contributed by atoms with E-state index in [0.717, 1.165) is 75.1 Å². The second kappa shape index (κ2) is 12.5. The van der Waals surface area contributed by atoms with Crippen molar-refractivity contribution in [2.24, 2.45) is 0 Å². The average Bonchev–Trinajstić information content (AvgIpc) is 3.47. The first-order valence-corrected chi connectivity index (χ1v) is 17.3. The van der Waals surface area contributed by atoms with Crippen LogP contribution in [-0.4, -0.2) is 97.9 Å². The standard InChI is InChI=1S/C27H44N6O3Si/c1-31(2)11-6-7-24(34)32-12-8-22(17-32)30-26-25-23(21-9-13-35-14-10-21)18-33(27(25)29-19-28-26)20-36-15-16-37(3,4)5/h6-7,18-19,21-22H,8-17,20H2,1-5H3,(H,28,29,30)/b7-6+/t22-/m1/s1. The van der Waals surface area contributed by atoms with Crippen molar-refractivity contribution in [3.8, 4) is 0 Å². The molecule has 1 amide bonds. The minimum atomic E-state index is -1.15. The zero-order valence-electron chi connectivity index (χ0n) is 23.2. The number of aromatic nitrogens is 3. The highest BCUT2D eigenvalue weighted by atomic mass is 28.3. The van der Waals surface area contributed by atoms with Crippen LogP contribution in [-0.2, 0) is 21.0 Å². The van der Waals surface area contributed by atoms with E-state index in [9.17, 15) is 4.79 Å². The Morgan fingerprint density at radius 2 is 2.03 bits per heavy atom. The lowest BCUT2D eigenvalue weighted by atomic mass is 9.92. The number of nitrogens with one attached hydrogen (secondary N) is 1. The molecule has 0 spiro atoms. The first kappa shape index (κ1) is 27.8. The molecular weight excluding hydrogens is 484 g/mol. The van der Waals surface area contributed by atoms with Gasteiger partial charge in [0.25, 0.3) is 0 Å². The Kier molecular flexibility index (Phi) is 9.39. The summed E-state index contributed by atoms with van der Waals surface area (Å²) < 4.78 is 13.9. The molecule has 37 heavy (non-hydrogen) atoms. The van der Waals surface area contributed by atoms with Gasteiger partial charge in [-0.25, -0.2) is 9.97 Å². The Bertz CT molecular complexity index is 1070. The number of hydrogen-bond acceptors (Lipinski definition) is 7. The summed E-state index contributed by atoms with van der Waals surface area (Å²) in [6, 6.07) is 1.30. The maximum Gasteiger partial charge on any atom is 0.246 e. The molecule has 10 heteroatoms. The van der Waals surface area contributed by atoms with Crippen LogP contribution < -0.4 is 5.32 Å². The largest absolute Gasteiger partial charge is 0.381 e. The van der Waals surface area contributed by atoms with E-state index in [1.54, 1.807) is 12.4 Å². The molecule has 0 bridgehead atoms. The molecule has 0 radical (unpaired) electrons. The van der Waals surface area contributed by atoms with E-state index in [2.05, 4.69) is 45.7 Å². The molecule has 204 valence electrons. The third-order valence-corrected chi connectivity index (χ3v) is 8.85. The van der Waals surface area contributed by atoms with Gasteiger partial charge in [0.1, 0.15) is 24.5 Å². The number of hydrogen-bond donors (Lipinski definition) is 1. The number of fused-ring (bicyclic) bond motifs is 1. The average molecular weight is 529 g/mol. The summed E-state index contributed by atoms with van der Waals surface area (Å²) in [6.45, 7) is 12.1. The van der Waals surface area contributed by atoms with Crippen molar-refractivity contribution in [2.75, 3.05) is 58.9 Å². The van der Waals surface area contributed by atoms with E-state index in [1.807, 2.05) is 30.0 Å². The molecule has 1 N–H and O–H groups in total. The van der Waals surface area contributed by atoms with Crippen LogP contribution in [0.25, 0.3) is 11.0 Å². The number of likely N-dealkylation sites (tertiary alicyclic amines) is 1. The lowest BCUT2D eigenvalue weighted by Crippen LogP contribution is -2.30. The van der Waals surface area contributed by atoms with Crippen molar-refractivity contribution in [1.29, 1.82) is 0 Å². The van der Waals surface area contributed by atoms with Gasteiger partial charge in [-0.05, 0) is 50.9 Å². The smallest absolute Gasteiger partial charge is 0.246 e. The SMILES string of the molecule is CN(C)C/C=C/C(=O)N1CC[C@@H](Nc2ncnc3c2c(C2CCOCC2)cn3COCC[Si](C)(C)C)C1. The lowest BCUT2D eigenvalue weighted by Gasteiger charge is -2.22. The second-order valence-corrected chi connectivity index (χ2v) is 17.4. The topological polar surface area (TPSA) is 84.8 Å². The minimum absolute atomic E-state index is 0.0727. The van der Waals surface area contributed by atoms with Gasteiger partial charge in [-0.15, -0.1) is 0 Å². The minimum Gasteiger partial charge on any atom is -0.381 e. The van der Waals surface area contributed by atoms with Gasteiger partial charge in [-0.2, -0.15) is 0 Å². The van der Waals surface area contributed by atoms with Crippen LogP contribution in [0.15, 0.2) is 24.7 Å². The van der Waals surface area contributed by atoms with Crippen molar-refractivity contribution >= 4 is 30.8 Å². The normalized spacial score (nSPS) is 19.5. The summed E-state index contributed by atoms with van der Waals surface area (Å²) in [7, 11) is 2.84. The predicted octanol–water partition coefficient (Wildman–Crippen LogP) is 3.77. The second-order valence-electron chi connectivity index (χ2n) is 11.8. The van der Waals surface area contributed by atoms with E-state index in [-0.39, 0.29) is 11.9 Å². The molecular formula is C27H44N6O3Si. The lowest BCUT2D eigenvalue weighted by molar-refractivity contribution is -0.125. The van der Waals surface area contributed by atoms with Gasteiger partial charge < -0.3 is 29.2 Å². The monoisotopic (exact) mass is 528 g/mol. The maximum atomic E-state index is 12.6. The Morgan fingerprint density at radius 3 is 2.76 bits per heavy atom. The van der Waals surface area contributed by atoms with E-state index in [4.69, 9.17) is 9.47 Å². The fraction of sp³-hybridized carbons (Fsp3) is 0.667. The summed E-state index contributed by atoms with van der Waals surface area (Å²) in [5.41, 5.74) is 2.18. The summed E-state index contributed by atoms with van der Waals surface area (Å²) in [5, 5.41) is 4.75. The van der Waals surface area contributed by atoms with Crippen molar-refractivity contribution < 1.29 is 14.3 Å². The van der Waals surface area contributed by atoms with Crippen molar-refractivity contribution in [3.05, 3.63) is 30.2 Å². The van der Waals surface area contributed by atoms with Crippen LogP contribution >= 0.6 is 0 Å². The Balaban J connectivity index is 1.51. The zero-order valence-corrected chi connectivity index (χ0v) is 24.2. The van der Waals surface area contributed by atoms with Crippen LogP contribution in [0, 0.1) is 0 Å². The van der Waals surface area contributed by atoms with E-state index >= 15 is 0 Å². The number of rotatable bonds is 11. The number of amides is 1. The van der Waals surface area contributed by atoms with Gasteiger partial charge in [-0.3, -0.25) is 4.79 Å². The fourth-order valence-electron chi connectivity index (χ4n) is 4.96. The molecule has 2 aromatic heterocycles. The number of nitrogens with zero attached hydrogens (tertiary/aromatic N) is 5. The highest BCUT2D eigenvalue weighted by molar-refractivity contribution is 6.76. The summed E-state index contributed by atoms with van der Waals surface area (Å²) in [5.74, 6) is 1.34. The van der Waals surface area contributed by atoms with Crippen LogP contribution in [0.3, 0.4) is 0 Å². The third-order valence-electron chi connectivity index (χ3n) is 7.14. The van der Waals surface area contributed by atoms with Gasteiger partial charge in [0, 0.05) is 65.8 Å². The molecule has 4 heterocycles. The molecule has 0 saturated carbocycles. The summed E-state index contributed by atoms with van der Waals surface area (Å²) in [4.78, 5) is 25.9. The van der Waals surface area contributed by atoms with Gasteiger partial charge in [0.15, 0.2) is 0 Å². The van der Waals surface area contributed by atoms with Crippen molar-refractivity contribution in [2.45, 2.75) is 63.6 Å². The van der Waals surface area contributed by atoms with Crippen LogP contribution in [0.2, 0.25) is 25.7 Å². The van der Waals surface area contributed by atoms with Gasteiger partial charge in [0.05, 0.1) is 5.39 Å². The summed E-state index contributed by atoms with van der Waals surface area (Å²) >= 11 is 0. The zero-order chi connectivity index (χ0) is 26.4. The fourth-order valence-corrected chi connectivity index (χ4v) is 5.72. The molecule has 9 nitrogen and oxygen atoms in total. The number of anilines is 1.